The highest BCUT2D eigenvalue weighted by Crippen LogP contribution is 2.26. The average molecular weight is 309 g/mol. The van der Waals surface area contributed by atoms with Crippen LogP contribution in [0.1, 0.15) is 15.9 Å². The fraction of sp³-hybridized carbons (Fsp3) is 0.133. The molecule has 0 amide bonds. The van der Waals surface area contributed by atoms with E-state index in [2.05, 4.69) is 5.32 Å². The van der Waals surface area contributed by atoms with Crippen LogP contribution in [0.2, 0.25) is 0 Å². The first-order valence-corrected chi connectivity index (χ1v) is 7.03. The molecular weight excluding hydrogens is 296 g/mol. The molecule has 2 N–H and O–H groups in total. The van der Waals surface area contributed by atoms with Crippen molar-refractivity contribution in [2.24, 2.45) is 0 Å². The third-order valence-corrected chi connectivity index (χ3v) is 3.50. The minimum absolute atomic E-state index is 0.243. The Morgan fingerprint density at radius 3 is 2.24 bits per heavy atom. The van der Waals surface area contributed by atoms with E-state index in [1.165, 1.54) is 0 Å². The second kappa shape index (κ2) is 7.08. The zero-order valence-electron chi connectivity index (χ0n) is 10.9. The number of aromatic carboxylic acids is 1. The van der Waals surface area contributed by atoms with Gasteiger partial charge in [-0.25, -0.2) is 4.79 Å². The number of hydrogen-bond donors (Lipinski definition) is 2. The number of alkyl halides is 2. The topological polar surface area (TPSA) is 49.3 Å². The summed E-state index contributed by atoms with van der Waals surface area (Å²) in [6.45, 7) is 0.529. The van der Waals surface area contributed by atoms with Crippen molar-refractivity contribution >= 4 is 23.4 Å². The van der Waals surface area contributed by atoms with E-state index >= 15 is 0 Å². The highest BCUT2D eigenvalue weighted by atomic mass is 32.2. The van der Waals surface area contributed by atoms with E-state index in [0.717, 1.165) is 11.3 Å². The molecule has 0 radical (unpaired) electrons. The van der Waals surface area contributed by atoms with Crippen LogP contribution in [0.3, 0.4) is 0 Å². The van der Waals surface area contributed by atoms with Crippen molar-refractivity contribution in [2.45, 2.75) is 17.2 Å². The first-order chi connectivity index (χ1) is 10.0. The van der Waals surface area contributed by atoms with Gasteiger partial charge in [0.25, 0.3) is 5.76 Å². The van der Waals surface area contributed by atoms with Gasteiger partial charge in [0.05, 0.1) is 5.56 Å². The van der Waals surface area contributed by atoms with E-state index in [-0.39, 0.29) is 5.56 Å². The molecule has 0 aliphatic rings. The molecule has 0 aliphatic heterocycles. The lowest BCUT2D eigenvalue weighted by Crippen LogP contribution is -2.01. The Morgan fingerprint density at radius 2 is 1.71 bits per heavy atom. The number of thioether (sulfide) groups is 1. The summed E-state index contributed by atoms with van der Waals surface area (Å²) in [6.07, 6.45) is 0. The zero-order chi connectivity index (χ0) is 15.2. The summed E-state index contributed by atoms with van der Waals surface area (Å²) in [5.74, 6) is -3.38. The van der Waals surface area contributed by atoms with Crippen molar-refractivity contribution in [3.63, 3.8) is 0 Å². The summed E-state index contributed by atoms with van der Waals surface area (Å²) >= 11 is 0.509. The van der Waals surface area contributed by atoms with Crippen molar-refractivity contribution in [1.29, 1.82) is 0 Å². The number of benzene rings is 2. The first kappa shape index (κ1) is 15.3. The van der Waals surface area contributed by atoms with Crippen LogP contribution >= 0.6 is 11.8 Å². The van der Waals surface area contributed by atoms with Gasteiger partial charge in [-0.15, -0.1) is 0 Å². The molecule has 0 saturated heterocycles. The van der Waals surface area contributed by atoms with Crippen LogP contribution in [0.4, 0.5) is 14.5 Å². The van der Waals surface area contributed by atoms with Gasteiger partial charge in [0, 0.05) is 17.1 Å². The van der Waals surface area contributed by atoms with Crippen LogP contribution in [0.25, 0.3) is 0 Å². The maximum atomic E-state index is 12.2. The number of carboxylic acids is 1. The molecule has 110 valence electrons. The Hall–Kier alpha value is -2.08. The number of anilines is 1. The standard InChI is InChI=1S/C15H13F2NO2S/c16-15(17)21-13-7-5-12(6-8-13)18-9-10-1-3-11(4-2-10)14(19)20/h1-8,15,18H,9H2,(H,19,20). The second-order valence-corrected chi connectivity index (χ2v) is 5.32. The zero-order valence-corrected chi connectivity index (χ0v) is 11.7. The molecule has 0 fully saturated rings. The highest BCUT2D eigenvalue weighted by Gasteiger charge is 2.05. The molecule has 0 spiro atoms. The summed E-state index contributed by atoms with van der Waals surface area (Å²) in [5, 5.41) is 11.9. The van der Waals surface area contributed by atoms with E-state index in [0.29, 0.717) is 23.2 Å². The predicted octanol–water partition coefficient (Wildman–Crippen LogP) is 4.31. The minimum Gasteiger partial charge on any atom is -0.478 e. The number of hydrogen-bond acceptors (Lipinski definition) is 3. The molecule has 2 rings (SSSR count). The van der Waals surface area contributed by atoms with Gasteiger partial charge in [-0.1, -0.05) is 23.9 Å². The molecule has 3 nitrogen and oxygen atoms in total. The molecule has 2 aromatic rings. The Morgan fingerprint density at radius 1 is 1.10 bits per heavy atom. The second-order valence-electron chi connectivity index (χ2n) is 4.26. The van der Waals surface area contributed by atoms with Gasteiger partial charge in [0.2, 0.25) is 0 Å². The van der Waals surface area contributed by atoms with E-state index in [9.17, 15) is 13.6 Å². The van der Waals surface area contributed by atoms with Crippen molar-refractivity contribution in [3.8, 4) is 0 Å². The van der Waals surface area contributed by atoms with Gasteiger partial charge in [0.15, 0.2) is 0 Å². The van der Waals surface area contributed by atoms with E-state index in [4.69, 9.17) is 5.11 Å². The molecule has 0 bridgehead atoms. The maximum Gasteiger partial charge on any atom is 0.335 e. The van der Waals surface area contributed by atoms with Crippen molar-refractivity contribution < 1.29 is 18.7 Å². The van der Waals surface area contributed by atoms with E-state index in [1.54, 1.807) is 48.5 Å². The average Bonchev–Trinajstić information content (AvgIpc) is 2.46. The summed E-state index contributed by atoms with van der Waals surface area (Å²) in [4.78, 5) is 11.2. The molecule has 0 aliphatic carbocycles. The van der Waals surface area contributed by atoms with Crippen molar-refractivity contribution in [1.82, 2.24) is 0 Å². The Kier molecular flexibility index (Phi) is 5.16. The molecule has 0 atom stereocenters. The molecule has 0 aromatic heterocycles. The summed E-state index contributed by atoms with van der Waals surface area (Å²) in [6, 6.07) is 13.3. The number of rotatable bonds is 6. The van der Waals surface area contributed by atoms with Gasteiger partial charge in [-0.2, -0.15) is 8.78 Å². The Labute approximate surface area is 125 Å². The van der Waals surface area contributed by atoms with Crippen LogP contribution in [0, 0.1) is 0 Å². The summed E-state index contributed by atoms with van der Waals surface area (Å²) < 4.78 is 24.4. The number of halogens is 2. The molecule has 0 unspecified atom stereocenters. The lowest BCUT2D eigenvalue weighted by atomic mass is 10.1. The number of carbonyl (C=O) groups is 1. The van der Waals surface area contributed by atoms with E-state index in [1.807, 2.05) is 0 Å². The van der Waals surface area contributed by atoms with Gasteiger partial charge >= 0.3 is 5.97 Å². The third kappa shape index (κ3) is 4.75. The largest absolute Gasteiger partial charge is 0.478 e. The Balaban J connectivity index is 1.91. The van der Waals surface area contributed by atoms with Crippen LogP contribution in [0.5, 0.6) is 0 Å². The lowest BCUT2D eigenvalue weighted by Gasteiger charge is -2.08. The SMILES string of the molecule is O=C(O)c1ccc(CNc2ccc(SC(F)F)cc2)cc1. The monoisotopic (exact) mass is 309 g/mol. The quantitative estimate of drug-likeness (QED) is 0.781. The fourth-order valence-electron chi connectivity index (χ4n) is 1.72. The molecule has 21 heavy (non-hydrogen) atoms. The number of nitrogens with one attached hydrogen (secondary N) is 1. The summed E-state index contributed by atoms with van der Waals surface area (Å²) in [5.41, 5.74) is 1.99. The third-order valence-electron chi connectivity index (χ3n) is 2.78. The van der Waals surface area contributed by atoms with Gasteiger partial charge in [-0.3, -0.25) is 0 Å². The fourth-order valence-corrected chi connectivity index (χ4v) is 2.22. The smallest absolute Gasteiger partial charge is 0.335 e. The summed E-state index contributed by atoms with van der Waals surface area (Å²) in [7, 11) is 0. The van der Waals surface area contributed by atoms with Crippen LogP contribution in [-0.2, 0) is 6.54 Å². The first-order valence-electron chi connectivity index (χ1n) is 6.15. The molecule has 6 heteroatoms. The van der Waals surface area contributed by atoms with Gasteiger partial charge in [0.1, 0.15) is 0 Å². The lowest BCUT2D eigenvalue weighted by molar-refractivity contribution is 0.0697. The molecule has 2 aromatic carbocycles. The predicted molar refractivity (Wildman–Crippen MR) is 79.0 cm³/mol. The van der Waals surface area contributed by atoms with E-state index < -0.39 is 11.7 Å². The van der Waals surface area contributed by atoms with Crippen molar-refractivity contribution in [2.75, 3.05) is 5.32 Å². The van der Waals surface area contributed by atoms with Crippen LogP contribution < -0.4 is 5.32 Å². The molecular formula is C15H13F2NO2S. The van der Waals surface area contributed by atoms with Crippen molar-refractivity contribution in [3.05, 3.63) is 59.7 Å². The number of carboxylic acid groups (broad SMARTS) is 1. The van der Waals surface area contributed by atoms with Crippen LogP contribution in [0.15, 0.2) is 53.4 Å². The normalized spacial score (nSPS) is 10.6. The Bertz CT molecular complexity index is 600. The molecule has 0 heterocycles. The highest BCUT2D eigenvalue weighted by molar-refractivity contribution is 7.99. The maximum absolute atomic E-state index is 12.2. The van der Waals surface area contributed by atoms with Gasteiger partial charge in [-0.05, 0) is 42.0 Å². The minimum atomic E-state index is -2.42. The molecule has 0 saturated carbocycles. The van der Waals surface area contributed by atoms with Crippen LogP contribution in [-0.4, -0.2) is 16.8 Å². The van der Waals surface area contributed by atoms with Gasteiger partial charge < -0.3 is 10.4 Å².